The molecule has 0 nitrogen and oxygen atoms in total. The molecule has 0 aliphatic heterocycles. The highest BCUT2D eigenvalue weighted by atomic mass is 14.1. The van der Waals surface area contributed by atoms with Gasteiger partial charge in [-0.05, 0) is 24.2 Å². The molecular weight excluding hydrogens is 168 g/mol. The summed E-state index contributed by atoms with van der Waals surface area (Å²) in [6.45, 7) is 12.6. The third-order valence-corrected chi connectivity index (χ3v) is 1.99. The molecule has 0 saturated heterocycles. The zero-order valence-corrected chi connectivity index (χ0v) is 10.1. The largest absolute Gasteiger partial charge is 0.0991 e. The maximum Gasteiger partial charge on any atom is -0.0203 e. The number of rotatable bonds is 5. The number of hydrogen-bond acceptors (Lipinski definition) is 0. The van der Waals surface area contributed by atoms with Crippen molar-refractivity contribution < 1.29 is 0 Å². The minimum atomic E-state index is 0.311. The Hall–Kier alpha value is -0.780. The van der Waals surface area contributed by atoms with Gasteiger partial charge in [-0.2, -0.15) is 0 Å². The predicted molar refractivity (Wildman–Crippen MR) is 66.3 cm³/mol. The molecule has 0 radical (unpaired) electrons. The van der Waals surface area contributed by atoms with Gasteiger partial charge in [0.05, 0.1) is 0 Å². The second-order valence-corrected chi connectivity index (χ2v) is 4.94. The van der Waals surface area contributed by atoms with Crippen LogP contribution in [0.1, 0.15) is 40.5 Å². The summed E-state index contributed by atoms with van der Waals surface area (Å²) in [5.74, 6) is 0.670. The van der Waals surface area contributed by atoms with Gasteiger partial charge in [-0.1, -0.05) is 64.7 Å². The van der Waals surface area contributed by atoms with Crippen LogP contribution in [0.15, 0.2) is 37.0 Å². The summed E-state index contributed by atoms with van der Waals surface area (Å²) >= 11 is 0. The van der Waals surface area contributed by atoms with Gasteiger partial charge in [-0.3, -0.25) is 0 Å². The van der Waals surface area contributed by atoms with Gasteiger partial charge >= 0.3 is 0 Å². The van der Waals surface area contributed by atoms with Crippen molar-refractivity contribution in [2.45, 2.75) is 40.5 Å². The Labute approximate surface area is 89.4 Å². The van der Waals surface area contributed by atoms with Crippen LogP contribution in [0.3, 0.4) is 0 Å². The van der Waals surface area contributed by atoms with Gasteiger partial charge in [0.15, 0.2) is 0 Å². The average molecular weight is 192 g/mol. The minimum Gasteiger partial charge on any atom is -0.0991 e. The molecule has 0 aromatic heterocycles. The zero-order valence-electron chi connectivity index (χ0n) is 10.1. The molecule has 0 heterocycles. The molecule has 0 fully saturated rings. The van der Waals surface area contributed by atoms with E-state index in [-0.39, 0.29) is 0 Å². The van der Waals surface area contributed by atoms with Crippen molar-refractivity contribution in [1.82, 2.24) is 0 Å². The minimum absolute atomic E-state index is 0.311. The Kier molecular flexibility index (Phi) is 6.27. The Morgan fingerprint density at radius 3 is 2.43 bits per heavy atom. The van der Waals surface area contributed by atoms with E-state index in [0.717, 1.165) is 6.42 Å². The number of allylic oxidation sites excluding steroid dienone is 5. The summed E-state index contributed by atoms with van der Waals surface area (Å²) in [5, 5.41) is 0. The molecule has 0 N–H and O–H groups in total. The van der Waals surface area contributed by atoms with Crippen LogP contribution in [-0.4, -0.2) is 0 Å². The monoisotopic (exact) mass is 192 g/mol. The van der Waals surface area contributed by atoms with E-state index in [1.165, 1.54) is 6.42 Å². The summed E-state index contributed by atoms with van der Waals surface area (Å²) in [7, 11) is 0. The van der Waals surface area contributed by atoms with E-state index in [0.29, 0.717) is 11.3 Å². The molecule has 80 valence electrons. The molecule has 0 rings (SSSR count). The zero-order chi connectivity index (χ0) is 11.0. The van der Waals surface area contributed by atoms with Gasteiger partial charge < -0.3 is 0 Å². The van der Waals surface area contributed by atoms with E-state index in [1.54, 1.807) is 0 Å². The SMILES string of the molecule is C=CC=CCCC(C)C=CC(C)(C)C. The highest BCUT2D eigenvalue weighted by molar-refractivity contribution is 4.99. The third kappa shape index (κ3) is 9.31. The van der Waals surface area contributed by atoms with Gasteiger partial charge in [0.1, 0.15) is 0 Å². The number of hydrogen-bond donors (Lipinski definition) is 0. The molecule has 0 bridgehead atoms. The molecule has 0 aromatic rings. The highest BCUT2D eigenvalue weighted by Gasteiger charge is 2.04. The Balaban J connectivity index is 3.75. The van der Waals surface area contributed by atoms with Crippen LogP contribution >= 0.6 is 0 Å². The average Bonchev–Trinajstić information content (AvgIpc) is 2.08. The van der Waals surface area contributed by atoms with E-state index in [9.17, 15) is 0 Å². The lowest BCUT2D eigenvalue weighted by Gasteiger charge is -2.13. The smallest absolute Gasteiger partial charge is 0.0203 e. The lowest BCUT2D eigenvalue weighted by Crippen LogP contribution is -2.00. The third-order valence-electron chi connectivity index (χ3n) is 1.99. The Morgan fingerprint density at radius 1 is 1.29 bits per heavy atom. The first-order valence-corrected chi connectivity index (χ1v) is 5.42. The molecule has 0 aromatic carbocycles. The van der Waals surface area contributed by atoms with Gasteiger partial charge in [0.25, 0.3) is 0 Å². The molecule has 0 spiro atoms. The Bertz CT molecular complexity index is 201. The van der Waals surface area contributed by atoms with E-state index < -0.39 is 0 Å². The lowest BCUT2D eigenvalue weighted by atomic mass is 9.93. The summed E-state index contributed by atoms with van der Waals surface area (Å²) in [5.41, 5.74) is 0.311. The van der Waals surface area contributed by atoms with Crippen LogP contribution in [0, 0.1) is 11.3 Å². The Morgan fingerprint density at radius 2 is 1.93 bits per heavy atom. The van der Waals surface area contributed by atoms with Crippen LogP contribution in [-0.2, 0) is 0 Å². The summed E-state index contributed by atoms with van der Waals surface area (Å²) in [6, 6.07) is 0. The van der Waals surface area contributed by atoms with Crippen LogP contribution in [0.2, 0.25) is 0 Å². The molecule has 0 saturated carbocycles. The predicted octanol–water partition coefficient (Wildman–Crippen LogP) is 4.75. The van der Waals surface area contributed by atoms with Crippen LogP contribution in [0.4, 0.5) is 0 Å². The van der Waals surface area contributed by atoms with Gasteiger partial charge in [0.2, 0.25) is 0 Å². The van der Waals surface area contributed by atoms with Crippen LogP contribution in [0.5, 0.6) is 0 Å². The normalized spacial score (nSPS) is 15.1. The molecule has 0 amide bonds. The second-order valence-electron chi connectivity index (χ2n) is 4.94. The van der Waals surface area contributed by atoms with Gasteiger partial charge in [0, 0.05) is 0 Å². The van der Waals surface area contributed by atoms with Crippen molar-refractivity contribution in [2.24, 2.45) is 11.3 Å². The van der Waals surface area contributed by atoms with Crippen molar-refractivity contribution in [3.63, 3.8) is 0 Å². The molecule has 1 atom stereocenters. The van der Waals surface area contributed by atoms with Crippen molar-refractivity contribution >= 4 is 0 Å². The molecule has 0 heteroatoms. The molecule has 0 aliphatic carbocycles. The topological polar surface area (TPSA) is 0 Å². The fourth-order valence-corrected chi connectivity index (χ4v) is 1.10. The van der Waals surface area contributed by atoms with Crippen molar-refractivity contribution in [3.8, 4) is 0 Å². The maximum absolute atomic E-state index is 3.65. The molecule has 1 unspecified atom stereocenters. The first-order chi connectivity index (χ1) is 6.45. The van der Waals surface area contributed by atoms with E-state index in [4.69, 9.17) is 0 Å². The van der Waals surface area contributed by atoms with Crippen LogP contribution < -0.4 is 0 Å². The first kappa shape index (κ1) is 13.2. The second kappa shape index (κ2) is 6.64. The quantitative estimate of drug-likeness (QED) is 0.435. The fourth-order valence-electron chi connectivity index (χ4n) is 1.10. The van der Waals surface area contributed by atoms with Crippen molar-refractivity contribution in [1.29, 1.82) is 0 Å². The molecular formula is C14H24. The van der Waals surface area contributed by atoms with E-state index in [2.05, 4.69) is 52.5 Å². The highest BCUT2D eigenvalue weighted by Crippen LogP contribution is 2.17. The van der Waals surface area contributed by atoms with Crippen LogP contribution in [0.25, 0.3) is 0 Å². The standard InChI is InChI=1S/C14H24/c1-6-7-8-9-10-13(2)11-12-14(3,4)5/h6-8,11-13H,1,9-10H2,2-5H3. The molecule has 0 aliphatic rings. The molecule has 14 heavy (non-hydrogen) atoms. The summed E-state index contributed by atoms with van der Waals surface area (Å²) in [4.78, 5) is 0. The maximum atomic E-state index is 3.65. The van der Waals surface area contributed by atoms with Crippen molar-refractivity contribution in [3.05, 3.63) is 37.0 Å². The van der Waals surface area contributed by atoms with Gasteiger partial charge in [-0.15, -0.1) is 0 Å². The van der Waals surface area contributed by atoms with Crippen molar-refractivity contribution in [2.75, 3.05) is 0 Å². The first-order valence-electron chi connectivity index (χ1n) is 5.42. The lowest BCUT2D eigenvalue weighted by molar-refractivity contribution is 0.533. The summed E-state index contributed by atoms with van der Waals surface area (Å²) in [6.07, 6.45) is 13.0. The fraction of sp³-hybridized carbons (Fsp3) is 0.571. The van der Waals surface area contributed by atoms with E-state index in [1.807, 2.05) is 12.2 Å². The van der Waals surface area contributed by atoms with E-state index >= 15 is 0 Å². The van der Waals surface area contributed by atoms with Gasteiger partial charge in [-0.25, -0.2) is 0 Å². The summed E-state index contributed by atoms with van der Waals surface area (Å²) < 4.78 is 0.